The van der Waals surface area contributed by atoms with E-state index in [1.165, 1.54) is 0 Å². The first-order chi connectivity index (χ1) is 19.7. The van der Waals surface area contributed by atoms with Crippen LogP contribution in [0.1, 0.15) is 64.0 Å². The van der Waals surface area contributed by atoms with Crippen LogP contribution in [0.3, 0.4) is 0 Å². The van der Waals surface area contributed by atoms with E-state index < -0.39 is 5.60 Å². The third kappa shape index (κ3) is 10.9. The van der Waals surface area contributed by atoms with Gasteiger partial charge in [0.2, 0.25) is 0 Å². The zero-order valence-electron chi connectivity index (χ0n) is 25.1. The number of para-hydroxylation sites is 1. The standard InChI is InChI=1S/C32H45NO8/c1-6-38-30(34)17-21-40-29-22-33(31(35)41-32(2,3)4)18-16-27(29)24-12-14-26(15-13-24)39-20-9-19-37-23-25-10-7-8-11-28(25)36-5/h7-8,10-15,27,29H,6,9,16-23H2,1-5H3/t27-,29+/m0/s1. The Labute approximate surface area is 244 Å². The molecule has 1 aliphatic heterocycles. The van der Waals surface area contributed by atoms with E-state index >= 15 is 0 Å². The van der Waals surface area contributed by atoms with Gasteiger partial charge in [0.15, 0.2) is 0 Å². The molecule has 1 fully saturated rings. The van der Waals surface area contributed by atoms with E-state index in [1.54, 1.807) is 18.9 Å². The number of hydrogen-bond donors (Lipinski definition) is 0. The van der Waals surface area contributed by atoms with E-state index in [-0.39, 0.29) is 37.1 Å². The Morgan fingerprint density at radius 1 is 1.00 bits per heavy atom. The van der Waals surface area contributed by atoms with Crippen LogP contribution in [0.4, 0.5) is 4.79 Å². The summed E-state index contributed by atoms with van der Waals surface area (Å²) in [4.78, 5) is 26.2. The number of methoxy groups -OCH3 is 1. The molecule has 0 N–H and O–H groups in total. The SMILES string of the molecule is CCOC(=O)CCO[C@@H]1CN(C(=O)OC(C)(C)C)CC[C@H]1c1ccc(OCCCOCc2ccccc2OC)cc1. The quantitative estimate of drug-likeness (QED) is 0.209. The third-order valence-electron chi connectivity index (χ3n) is 6.61. The summed E-state index contributed by atoms with van der Waals surface area (Å²) >= 11 is 0. The molecule has 41 heavy (non-hydrogen) atoms. The van der Waals surface area contributed by atoms with Crippen molar-refractivity contribution in [3.8, 4) is 11.5 Å². The van der Waals surface area contributed by atoms with Gasteiger partial charge in [-0.05, 0) is 57.9 Å². The highest BCUT2D eigenvalue weighted by atomic mass is 16.6. The summed E-state index contributed by atoms with van der Waals surface area (Å²) in [7, 11) is 1.66. The molecule has 0 aromatic heterocycles. The monoisotopic (exact) mass is 571 g/mol. The van der Waals surface area contributed by atoms with E-state index in [0.717, 1.165) is 29.0 Å². The molecule has 1 amide bonds. The van der Waals surface area contributed by atoms with Crippen LogP contribution >= 0.6 is 0 Å². The van der Waals surface area contributed by atoms with Crippen molar-refractivity contribution in [1.82, 2.24) is 4.90 Å². The van der Waals surface area contributed by atoms with Crippen molar-refractivity contribution in [2.24, 2.45) is 0 Å². The molecule has 226 valence electrons. The summed E-state index contributed by atoms with van der Waals surface area (Å²) in [6.45, 7) is 10.5. The average Bonchev–Trinajstić information content (AvgIpc) is 2.94. The first-order valence-corrected chi connectivity index (χ1v) is 14.4. The zero-order valence-corrected chi connectivity index (χ0v) is 25.1. The maximum Gasteiger partial charge on any atom is 0.410 e. The van der Waals surface area contributed by atoms with Crippen molar-refractivity contribution in [1.29, 1.82) is 0 Å². The first-order valence-electron chi connectivity index (χ1n) is 14.4. The number of likely N-dealkylation sites (tertiary alicyclic amines) is 1. The van der Waals surface area contributed by atoms with Crippen molar-refractivity contribution in [2.45, 2.75) is 71.2 Å². The molecule has 1 aliphatic rings. The van der Waals surface area contributed by atoms with Crippen molar-refractivity contribution < 1.29 is 38.0 Å². The Morgan fingerprint density at radius 3 is 2.46 bits per heavy atom. The van der Waals surface area contributed by atoms with Crippen LogP contribution in [0.25, 0.3) is 0 Å². The summed E-state index contributed by atoms with van der Waals surface area (Å²) in [6, 6.07) is 15.8. The lowest BCUT2D eigenvalue weighted by atomic mass is 9.87. The maximum atomic E-state index is 12.7. The van der Waals surface area contributed by atoms with Crippen LogP contribution in [0, 0.1) is 0 Å². The molecule has 0 unspecified atom stereocenters. The summed E-state index contributed by atoms with van der Waals surface area (Å²) in [6.07, 6.45) is 1.01. The minimum Gasteiger partial charge on any atom is -0.496 e. The van der Waals surface area contributed by atoms with Gasteiger partial charge < -0.3 is 33.3 Å². The van der Waals surface area contributed by atoms with Crippen LogP contribution in [0.15, 0.2) is 48.5 Å². The van der Waals surface area contributed by atoms with Crippen molar-refractivity contribution >= 4 is 12.1 Å². The number of nitrogens with zero attached hydrogens (tertiary/aromatic N) is 1. The van der Waals surface area contributed by atoms with Gasteiger partial charge in [-0.2, -0.15) is 0 Å². The van der Waals surface area contributed by atoms with Crippen LogP contribution in [0.2, 0.25) is 0 Å². The number of benzene rings is 2. The summed E-state index contributed by atoms with van der Waals surface area (Å²) in [5.74, 6) is 1.37. The zero-order chi connectivity index (χ0) is 29.7. The van der Waals surface area contributed by atoms with Gasteiger partial charge >= 0.3 is 12.1 Å². The normalized spacial score (nSPS) is 17.1. The fraction of sp³-hybridized carbons (Fsp3) is 0.562. The Morgan fingerprint density at radius 2 is 1.76 bits per heavy atom. The summed E-state index contributed by atoms with van der Waals surface area (Å²) in [5, 5.41) is 0. The lowest BCUT2D eigenvalue weighted by molar-refractivity contribution is -0.145. The van der Waals surface area contributed by atoms with E-state index in [2.05, 4.69) is 0 Å². The van der Waals surface area contributed by atoms with Gasteiger partial charge in [-0.3, -0.25) is 4.79 Å². The number of piperidine rings is 1. The number of esters is 1. The van der Waals surface area contributed by atoms with Gasteiger partial charge in [0.1, 0.15) is 17.1 Å². The molecule has 2 aromatic rings. The Balaban J connectivity index is 1.51. The van der Waals surface area contributed by atoms with E-state index in [9.17, 15) is 9.59 Å². The smallest absolute Gasteiger partial charge is 0.410 e. The Kier molecular flexibility index (Phi) is 12.7. The molecule has 0 aliphatic carbocycles. The Hall–Kier alpha value is -3.30. The highest BCUT2D eigenvalue weighted by Gasteiger charge is 2.35. The molecule has 0 spiro atoms. The predicted octanol–water partition coefficient (Wildman–Crippen LogP) is 5.74. The molecule has 1 saturated heterocycles. The van der Waals surface area contributed by atoms with Gasteiger partial charge in [-0.15, -0.1) is 0 Å². The third-order valence-corrected chi connectivity index (χ3v) is 6.61. The molecular weight excluding hydrogens is 526 g/mol. The fourth-order valence-corrected chi connectivity index (χ4v) is 4.65. The predicted molar refractivity (Wildman–Crippen MR) is 155 cm³/mol. The summed E-state index contributed by atoms with van der Waals surface area (Å²) in [5.41, 5.74) is 1.54. The van der Waals surface area contributed by atoms with Crippen molar-refractivity contribution in [3.05, 3.63) is 59.7 Å². The lowest BCUT2D eigenvalue weighted by Crippen LogP contribution is -2.48. The number of ether oxygens (including phenoxy) is 6. The van der Waals surface area contributed by atoms with Crippen LogP contribution in [-0.2, 0) is 30.3 Å². The number of carbonyl (C=O) groups excluding carboxylic acids is 2. The van der Waals surface area contributed by atoms with E-state index in [1.807, 2.05) is 69.3 Å². The molecule has 0 saturated carbocycles. The largest absolute Gasteiger partial charge is 0.496 e. The van der Waals surface area contributed by atoms with Gasteiger partial charge in [0.05, 0.1) is 59.2 Å². The van der Waals surface area contributed by atoms with Gasteiger partial charge in [-0.25, -0.2) is 4.79 Å². The highest BCUT2D eigenvalue weighted by Crippen LogP contribution is 2.32. The minimum absolute atomic E-state index is 0.0633. The fourth-order valence-electron chi connectivity index (χ4n) is 4.65. The number of amides is 1. The summed E-state index contributed by atoms with van der Waals surface area (Å²) < 4.78 is 33.8. The van der Waals surface area contributed by atoms with Crippen LogP contribution in [-0.4, -0.2) is 75.3 Å². The number of carbonyl (C=O) groups is 2. The van der Waals surface area contributed by atoms with Crippen LogP contribution in [0.5, 0.6) is 11.5 Å². The number of hydrogen-bond acceptors (Lipinski definition) is 8. The van der Waals surface area contributed by atoms with Gasteiger partial charge in [0.25, 0.3) is 0 Å². The van der Waals surface area contributed by atoms with E-state index in [0.29, 0.717) is 45.9 Å². The van der Waals surface area contributed by atoms with Crippen molar-refractivity contribution in [2.75, 3.05) is 46.6 Å². The minimum atomic E-state index is -0.578. The number of rotatable bonds is 14. The highest BCUT2D eigenvalue weighted by molar-refractivity contribution is 5.69. The topological polar surface area (TPSA) is 92.8 Å². The van der Waals surface area contributed by atoms with E-state index in [4.69, 9.17) is 28.4 Å². The van der Waals surface area contributed by atoms with Crippen molar-refractivity contribution in [3.63, 3.8) is 0 Å². The molecule has 9 heteroatoms. The molecule has 2 atom stereocenters. The molecule has 1 heterocycles. The lowest BCUT2D eigenvalue weighted by Gasteiger charge is -2.39. The van der Waals surface area contributed by atoms with Gasteiger partial charge in [-0.1, -0.05) is 30.3 Å². The molecule has 0 radical (unpaired) electrons. The average molecular weight is 572 g/mol. The Bertz CT molecular complexity index is 1080. The molecule has 3 rings (SSSR count). The van der Waals surface area contributed by atoms with Crippen LogP contribution < -0.4 is 9.47 Å². The second kappa shape index (κ2) is 16.2. The van der Waals surface area contributed by atoms with Gasteiger partial charge in [0, 0.05) is 24.4 Å². The second-order valence-corrected chi connectivity index (χ2v) is 10.9. The first kappa shape index (κ1) is 32.2. The molecule has 0 bridgehead atoms. The molecule has 9 nitrogen and oxygen atoms in total. The molecule has 2 aromatic carbocycles. The second-order valence-electron chi connectivity index (χ2n) is 10.9. The maximum absolute atomic E-state index is 12.7. The molecular formula is C32H45NO8.